The summed E-state index contributed by atoms with van der Waals surface area (Å²) in [6, 6.07) is 0.0298. The second kappa shape index (κ2) is 8.73. The van der Waals surface area contributed by atoms with Gasteiger partial charge in [0.05, 0.1) is 6.10 Å². The zero-order valence-electron chi connectivity index (χ0n) is 15.1. The molecule has 0 aromatic carbocycles. The van der Waals surface area contributed by atoms with Crippen LogP contribution in [0.2, 0.25) is 0 Å². The summed E-state index contributed by atoms with van der Waals surface area (Å²) in [6.45, 7) is 15.7. The quantitative estimate of drug-likeness (QED) is 0.757. The van der Waals surface area contributed by atoms with E-state index >= 15 is 0 Å². The van der Waals surface area contributed by atoms with Gasteiger partial charge in [-0.3, -0.25) is 4.90 Å². The monoisotopic (exact) mass is 313 g/mol. The molecule has 0 aromatic heterocycles. The second-order valence-corrected chi connectivity index (χ2v) is 7.89. The first-order valence-corrected chi connectivity index (χ1v) is 8.63. The van der Waals surface area contributed by atoms with Crippen LogP contribution in [0.25, 0.3) is 0 Å². The topological polar surface area (TPSA) is 55.8 Å². The van der Waals surface area contributed by atoms with Crippen LogP contribution in [0, 0.1) is 11.3 Å². The molecule has 0 aliphatic carbocycles. The first kappa shape index (κ1) is 19.2. The first-order valence-electron chi connectivity index (χ1n) is 8.63. The molecule has 22 heavy (non-hydrogen) atoms. The molecule has 0 radical (unpaired) electrons. The van der Waals surface area contributed by atoms with Crippen molar-refractivity contribution in [3.8, 4) is 0 Å². The van der Waals surface area contributed by atoms with Gasteiger partial charge in [0.25, 0.3) is 0 Å². The molecule has 0 aromatic rings. The maximum atomic E-state index is 12.2. The van der Waals surface area contributed by atoms with Crippen LogP contribution in [0.3, 0.4) is 0 Å². The Kier molecular flexibility index (Phi) is 7.63. The number of nitrogens with zero attached hydrogens (tertiary/aromatic N) is 2. The summed E-state index contributed by atoms with van der Waals surface area (Å²) in [7, 11) is 0. The van der Waals surface area contributed by atoms with Gasteiger partial charge < -0.3 is 15.3 Å². The van der Waals surface area contributed by atoms with E-state index in [4.69, 9.17) is 0 Å². The lowest BCUT2D eigenvalue weighted by Gasteiger charge is -2.36. The average Bonchev–Trinajstić information content (AvgIpc) is 2.42. The number of rotatable bonds is 7. The van der Waals surface area contributed by atoms with Crippen molar-refractivity contribution in [1.82, 2.24) is 15.1 Å². The van der Waals surface area contributed by atoms with Crippen LogP contribution < -0.4 is 5.32 Å². The lowest BCUT2D eigenvalue weighted by Crippen LogP contribution is -2.53. The Bertz CT molecular complexity index is 335. The highest BCUT2D eigenvalue weighted by atomic mass is 16.3. The van der Waals surface area contributed by atoms with Gasteiger partial charge in [0, 0.05) is 32.7 Å². The number of hydrogen-bond acceptors (Lipinski definition) is 3. The van der Waals surface area contributed by atoms with Crippen LogP contribution in [0.1, 0.15) is 47.5 Å². The smallest absolute Gasteiger partial charge is 0.317 e. The molecule has 130 valence electrons. The molecule has 1 atom stereocenters. The molecular weight excluding hydrogens is 278 g/mol. The Morgan fingerprint density at radius 3 is 2.27 bits per heavy atom. The number of nitrogens with one attached hydrogen (secondary N) is 1. The summed E-state index contributed by atoms with van der Waals surface area (Å²) in [5, 5.41) is 12.5. The predicted molar refractivity (Wildman–Crippen MR) is 90.9 cm³/mol. The van der Waals surface area contributed by atoms with E-state index in [9.17, 15) is 9.90 Å². The Labute approximate surface area is 136 Å². The Morgan fingerprint density at radius 2 is 1.77 bits per heavy atom. The summed E-state index contributed by atoms with van der Waals surface area (Å²) >= 11 is 0. The molecule has 1 aliphatic heterocycles. The van der Waals surface area contributed by atoms with Crippen LogP contribution in [-0.4, -0.2) is 66.3 Å². The van der Waals surface area contributed by atoms with E-state index < -0.39 is 0 Å². The number of hydrogen-bond donors (Lipinski definition) is 2. The summed E-state index contributed by atoms with van der Waals surface area (Å²) < 4.78 is 0. The minimum absolute atomic E-state index is 0.0298. The molecule has 2 N–H and O–H groups in total. The van der Waals surface area contributed by atoms with Crippen molar-refractivity contribution >= 4 is 6.03 Å². The Hall–Kier alpha value is -0.810. The van der Waals surface area contributed by atoms with Gasteiger partial charge in [-0.1, -0.05) is 27.7 Å². The highest BCUT2D eigenvalue weighted by Gasteiger charge is 2.24. The number of carbonyl (C=O) groups excluding carboxylic acids is 1. The SMILES string of the molecule is CC(C)CCN1CCN(C(=O)NCC(C)(C)CC(C)O)CC1. The maximum absolute atomic E-state index is 12.2. The van der Waals surface area contributed by atoms with Crippen molar-refractivity contribution in [2.75, 3.05) is 39.3 Å². The van der Waals surface area contributed by atoms with E-state index in [0.717, 1.165) is 38.6 Å². The van der Waals surface area contributed by atoms with Gasteiger partial charge in [-0.05, 0) is 37.6 Å². The third kappa shape index (κ3) is 7.45. The summed E-state index contributed by atoms with van der Waals surface area (Å²) in [5.74, 6) is 0.734. The van der Waals surface area contributed by atoms with E-state index in [1.165, 1.54) is 6.42 Å². The molecule has 5 nitrogen and oxygen atoms in total. The van der Waals surface area contributed by atoms with Gasteiger partial charge in [-0.25, -0.2) is 4.79 Å². The molecule has 0 spiro atoms. The van der Waals surface area contributed by atoms with Gasteiger partial charge in [0.2, 0.25) is 0 Å². The summed E-state index contributed by atoms with van der Waals surface area (Å²) in [5.41, 5.74) is -0.0804. The lowest BCUT2D eigenvalue weighted by atomic mass is 9.87. The standard InChI is InChI=1S/C17H35N3O2/c1-14(2)6-7-19-8-10-20(11-9-19)16(22)18-13-17(4,5)12-15(3)21/h14-15,21H,6-13H2,1-5H3,(H,18,22). The Balaban J connectivity index is 2.28. The first-order chi connectivity index (χ1) is 10.2. The molecule has 0 saturated carbocycles. The number of carbonyl (C=O) groups is 1. The van der Waals surface area contributed by atoms with Gasteiger partial charge in [-0.15, -0.1) is 0 Å². The van der Waals surface area contributed by atoms with Crippen LogP contribution in [0.4, 0.5) is 4.79 Å². The van der Waals surface area contributed by atoms with Crippen molar-refractivity contribution < 1.29 is 9.90 Å². The molecule has 1 aliphatic rings. The molecule has 5 heteroatoms. The van der Waals surface area contributed by atoms with Crippen molar-refractivity contribution in [2.45, 2.75) is 53.6 Å². The van der Waals surface area contributed by atoms with Crippen LogP contribution >= 0.6 is 0 Å². The van der Waals surface area contributed by atoms with Gasteiger partial charge in [0.15, 0.2) is 0 Å². The highest BCUT2D eigenvalue weighted by Crippen LogP contribution is 2.21. The van der Waals surface area contributed by atoms with Gasteiger partial charge in [-0.2, -0.15) is 0 Å². The zero-order valence-corrected chi connectivity index (χ0v) is 15.1. The second-order valence-electron chi connectivity index (χ2n) is 7.89. The number of urea groups is 1. The summed E-state index contributed by atoms with van der Waals surface area (Å²) in [4.78, 5) is 16.6. The average molecular weight is 313 g/mol. The van der Waals surface area contributed by atoms with E-state index in [2.05, 4.69) is 37.9 Å². The molecule has 1 heterocycles. The van der Waals surface area contributed by atoms with E-state index in [1.54, 1.807) is 6.92 Å². The largest absolute Gasteiger partial charge is 0.393 e. The molecule has 1 rings (SSSR count). The molecular formula is C17H35N3O2. The highest BCUT2D eigenvalue weighted by molar-refractivity contribution is 5.74. The fraction of sp³-hybridized carbons (Fsp3) is 0.941. The van der Waals surface area contributed by atoms with Crippen molar-refractivity contribution in [3.05, 3.63) is 0 Å². The van der Waals surface area contributed by atoms with E-state index in [1.807, 2.05) is 4.90 Å². The Morgan fingerprint density at radius 1 is 1.18 bits per heavy atom. The fourth-order valence-electron chi connectivity index (χ4n) is 2.91. The molecule has 1 saturated heterocycles. The van der Waals surface area contributed by atoms with E-state index in [0.29, 0.717) is 13.0 Å². The minimum atomic E-state index is -0.337. The zero-order chi connectivity index (χ0) is 16.8. The van der Waals surface area contributed by atoms with Gasteiger partial charge in [0.1, 0.15) is 0 Å². The van der Waals surface area contributed by atoms with Crippen LogP contribution in [-0.2, 0) is 0 Å². The minimum Gasteiger partial charge on any atom is -0.393 e. The van der Waals surface area contributed by atoms with E-state index in [-0.39, 0.29) is 17.6 Å². The van der Waals surface area contributed by atoms with Crippen molar-refractivity contribution in [3.63, 3.8) is 0 Å². The van der Waals surface area contributed by atoms with Crippen LogP contribution in [0.15, 0.2) is 0 Å². The molecule has 0 bridgehead atoms. The molecule has 1 unspecified atom stereocenters. The number of aliphatic hydroxyl groups is 1. The molecule has 2 amide bonds. The van der Waals surface area contributed by atoms with Gasteiger partial charge >= 0.3 is 6.03 Å². The number of aliphatic hydroxyl groups excluding tert-OH is 1. The predicted octanol–water partition coefficient (Wildman–Crippen LogP) is 2.16. The number of piperazine rings is 1. The third-order valence-corrected chi connectivity index (χ3v) is 4.25. The van der Waals surface area contributed by atoms with Crippen LogP contribution in [0.5, 0.6) is 0 Å². The van der Waals surface area contributed by atoms with Crippen molar-refractivity contribution in [2.24, 2.45) is 11.3 Å². The lowest BCUT2D eigenvalue weighted by molar-refractivity contribution is 0.118. The van der Waals surface area contributed by atoms with Crippen molar-refractivity contribution in [1.29, 1.82) is 0 Å². The third-order valence-electron chi connectivity index (χ3n) is 4.25. The summed E-state index contributed by atoms with van der Waals surface area (Å²) in [6.07, 6.45) is 1.58. The number of amides is 2. The maximum Gasteiger partial charge on any atom is 0.317 e. The normalized spacial score (nSPS) is 18.6. The fourth-order valence-corrected chi connectivity index (χ4v) is 2.91. The molecule has 1 fully saturated rings.